The first-order valence-corrected chi connectivity index (χ1v) is 7.86. The van der Waals surface area contributed by atoms with Gasteiger partial charge in [-0.15, -0.1) is 11.3 Å². The number of carbonyl (C=O) groups is 1. The molecule has 1 fully saturated rings. The van der Waals surface area contributed by atoms with Crippen molar-refractivity contribution in [2.45, 2.75) is 45.2 Å². The van der Waals surface area contributed by atoms with Crippen LogP contribution < -0.4 is 5.73 Å². The van der Waals surface area contributed by atoms with E-state index in [9.17, 15) is 4.79 Å². The molecule has 20 heavy (non-hydrogen) atoms. The molecule has 0 bridgehead atoms. The lowest BCUT2D eigenvalue weighted by Crippen LogP contribution is -2.47. The lowest BCUT2D eigenvalue weighted by molar-refractivity contribution is 0.0517. The van der Waals surface area contributed by atoms with Crippen LogP contribution in [0.25, 0.3) is 10.1 Å². The number of aromatic nitrogens is 1. The molecule has 2 aromatic heterocycles. The highest BCUT2D eigenvalue weighted by Gasteiger charge is 2.31. The number of hydrogen-bond acceptors (Lipinski definition) is 4. The van der Waals surface area contributed by atoms with Crippen molar-refractivity contribution in [2.24, 2.45) is 0 Å². The second-order valence-electron chi connectivity index (χ2n) is 5.56. The van der Waals surface area contributed by atoms with Gasteiger partial charge in [-0.05, 0) is 39.2 Å². The number of hydrogen-bond donors (Lipinski definition) is 1. The molecule has 4 nitrogen and oxygen atoms in total. The number of anilines is 1. The molecular formula is C15H19N3OS. The van der Waals surface area contributed by atoms with Gasteiger partial charge in [0.1, 0.15) is 4.88 Å². The average Bonchev–Trinajstić information content (AvgIpc) is 2.76. The Kier molecular flexibility index (Phi) is 3.38. The van der Waals surface area contributed by atoms with Gasteiger partial charge in [0.25, 0.3) is 5.91 Å². The maximum absolute atomic E-state index is 12.8. The summed E-state index contributed by atoms with van der Waals surface area (Å²) in [6.07, 6.45) is 6.82. The van der Waals surface area contributed by atoms with Gasteiger partial charge >= 0.3 is 0 Å². The molecule has 0 radical (unpaired) electrons. The zero-order valence-corrected chi connectivity index (χ0v) is 12.6. The van der Waals surface area contributed by atoms with Gasteiger partial charge in [0.15, 0.2) is 0 Å². The molecule has 106 valence electrons. The van der Waals surface area contributed by atoms with Crippen LogP contribution in [0.5, 0.6) is 0 Å². The van der Waals surface area contributed by atoms with Crippen LogP contribution >= 0.6 is 11.3 Å². The van der Waals surface area contributed by atoms with Crippen LogP contribution in [0.4, 0.5) is 5.69 Å². The zero-order chi connectivity index (χ0) is 14.3. The van der Waals surface area contributed by atoms with Crippen LogP contribution in [0.3, 0.4) is 0 Å². The molecule has 1 amide bonds. The summed E-state index contributed by atoms with van der Waals surface area (Å²) in [5.74, 6) is 0.0726. The van der Waals surface area contributed by atoms with Gasteiger partial charge in [-0.1, -0.05) is 0 Å². The number of piperidine rings is 1. The Morgan fingerprint density at radius 2 is 2.10 bits per heavy atom. The van der Waals surface area contributed by atoms with Gasteiger partial charge < -0.3 is 10.6 Å². The Bertz CT molecular complexity index is 642. The number of pyridine rings is 1. The van der Waals surface area contributed by atoms with Gasteiger partial charge in [-0.25, -0.2) is 0 Å². The van der Waals surface area contributed by atoms with Gasteiger partial charge in [0, 0.05) is 29.9 Å². The molecule has 5 heteroatoms. The summed E-state index contributed by atoms with van der Waals surface area (Å²) >= 11 is 1.45. The lowest BCUT2D eigenvalue weighted by Gasteiger charge is -2.38. The van der Waals surface area contributed by atoms with Gasteiger partial charge in [-0.2, -0.15) is 0 Å². The van der Waals surface area contributed by atoms with E-state index >= 15 is 0 Å². The second-order valence-corrected chi connectivity index (χ2v) is 6.61. The highest BCUT2D eigenvalue weighted by Crippen LogP contribution is 2.35. The van der Waals surface area contributed by atoms with Crippen LogP contribution in [-0.4, -0.2) is 27.9 Å². The van der Waals surface area contributed by atoms with Gasteiger partial charge in [0.05, 0.1) is 10.4 Å². The van der Waals surface area contributed by atoms with E-state index in [1.165, 1.54) is 17.8 Å². The fourth-order valence-electron chi connectivity index (χ4n) is 3.07. The van der Waals surface area contributed by atoms with Crippen molar-refractivity contribution in [2.75, 3.05) is 5.73 Å². The number of nitrogens with two attached hydrogens (primary N) is 1. The topological polar surface area (TPSA) is 59.2 Å². The number of nitrogen functional groups attached to an aromatic ring is 1. The van der Waals surface area contributed by atoms with Crippen molar-refractivity contribution in [1.82, 2.24) is 9.88 Å². The maximum Gasteiger partial charge on any atom is 0.266 e. The van der Waals surface area contributed by atoms with Gasteiger partial charge in [-0.3, -0.25) is 9.78 Å². The number of nitrogens with zero attached hydrogens (tertiary/aromatic N) is 2. The zero-order valence-electron chi connectivity index (χ0n) is 11.8. The number of rotatable bonds is 1. The average molecular weight is 289 g/mol. The number of thiophene rings is 1. The fourth-order valence-corrected chi connectivity index (χ4v) is 4.10. The van der Waals surface area contributed by atoms with Crippen LogP contribution in [0.1, 0.15) is 42.8 Å². The third-order valence-electron chi connectivity index (χ3n) is 4.15. The van der Waals surface area contributed by atoms with E-state index in [-0.39, 0.29) is 18.0 Å². The summed E-state index contributed by atoms with van der Waals surface area (Å²) in [4.78, 5) is 19.6. The summed E-state index contributed by atoms with van der Waals surface area (Å²) in [5.41, 5.74) is 6.77. The second kappa shape index (κ2) is 5.05. The van der Waals surface area contributed by atoms with E-state index in [1.807, 2.05) is 11.0 Å². The summed E-state index contributed by atoms with van der Waals surface area (Å²) in [6.45, 7) is 4.25. The third kappa shape index (κ3) is 2.06. The highest BCUT2D eigenvalue weighted by atomic mass is 32.1. The van der Waals surface area contributed by atoms with Crippen LogP contribution in [0.15, 0.2) is 18.5 Å². The molecule has 2 N–H and O–H groups in total. The van der Waals surface area contributed by atoms with Gasteiger partial charge in [0.2, 0.25) is 0 Å². The normalized spacial score (nSPS) is 23.2. The first kappa shape index (κ1) is 13.4. The lowest BCUT2D eigenvalue weighted by atomic mass is 9.97. The fraction of sp³-hybridized carbons (Fsp3) is 0.467. The van der Waals surface area contributed by atoms with E-state index in [0.717, 1.165) is 22.9 Å². The standard InChI is InChI=1S/C15H19N3OS/c1-9-4-3-5-10(2)18(9)15(19)14-13(16)11-6-7-17-8-12(11)20-14/h6-10H,3-5,16H2,1-2H3. The largest absolute Gasteiger partial charge is 0.397 e. The Balaban J connectivity index is 2.01. The molecule has 2 aromatic rings. The number of fused-ring (bicyclic) bond motifs is 1. The van der Waals surface area contributed by atoms with E-state index in [0.29, 0.717) is 10.6 Å². The molecule has 2 unspecified atom stereocenters. The minimum Gasteiger partial charge on any atom is -0.397 e. The third-order valence-corrected chi connectivity index (χ3v) is 5.30. The monoisotopic (exact) mass is 289 g/mol. The summed E-state index contributed by atoms with van der Waals surface area (Å²) < 4.78 is 0.977. The van der Waals surface area contributed by atoms with Crippen LogP contribution in [-0.2, 0) is 0 Å². The van der Waals surface area contributed by atoms with Crippen molar-refractivity contribution in [3.8, 4) is 0 Å². The van der Waals surface area contributed by atoms with Crippen molar-refractivity contribution in [1.29, 1.82) is 0 Å². The number of amides is 1. The molecule has 3 heterocycles. The molecule has 0 saturated carbocycles. The van der Waals surface area contributed by atoms with E-state index in [4.69, 9.17) is 5.73 Å². The number of likely N-dealkylation sites (tertiary alicyclic amines) is 1. The van der Waals surface area contributed by atoms with Crippen LogP contribution in [0.2, 0.25) is 0 Å². The molecule has 0 aliphatic carbocycles. The van der Waals surface area contributed by atoms with E-state index < -0.39 is 0 Å². The molecule has 3 rings (SSSR count). The molecule has 0 aromatic carbocycles. The van der Waals surface area contributed by atoms with E-state index in [1.54, 1.807) is 12.4 Å². The summed E-state index contributed by atoms with van der Waals surface area (Å²) in [6, 6.07) is 2.45. The SMILES string of the molecule is CC1CCCC(C)N1C(=O)c1sc2cnccc2c1N. The first-order valence-electron chi connectivity index (χ1n) is 7.04. The predicted molar refractivity (Wildman–Crippen MR) is 83.0 cm³/mol. The Morgan fingerprint density at radius 1 is 1.40 bits per heavy atom. The van der Waals surface area contributed by atoms with E-state index in [2.05, 4.69) is 18.8 Å². The number of carbonyl (C=O) groups excluding carboxylic acids is 1. The summed E-state index contributed by atoms with van der Waals surface area (Å²) in [7, 11) is 0. The molecule has 1 aliphatic rings. The quantitative estimate of drug-likeness (QED) is 0.876. The molecule has 0 spiro atoms. The van der Waals surface area contributed by atoms with Crippen molar-refractivity contribution in [3.05, 3.63) is 23.3 Å². The maximum atomic E-state index is 12.8. The first-order chi connectivity index (χ1) is 9.59. The molecule has 2 atom stereocenters. The Morgan fingerprint density at radius 3 is 2.75 bits per heavy atom. The van der Waals surface area contributed by atoms with Crippen molar-refractivity contribution < 1.29 is 4.79 Å². The minimum absolute atomic E-state index is 0.0726. The summed E-state index contributed by atoms with van der Waals surface area (Å²) in [5, 5.41) is 0.936. The van der Waals surface area contributed by atoms with Crippen molar-refractivity contribution in [3.63, 3.8) is 0 Å². The molecular weight excluding hydrogens is 270 g/mol. The van der Waals surface area contributed by atoms with Crippen molar-refractivity contribution >= 4 is 33.0 Å². The predicted octanol–water partition coefficient (Wildman–Crippen LogP) is 3.28. The molecule has 1 aliphatic heterocycles. The smallest absolute Gasteiger partial charge is 0.266 e. The molecule has 1 saturated heterocycles. The highest BCUT2D eigenvalue weighted by molar-refractivity contribution is 7.21. The van der Waals surface area contributed by atoms with Crippen LogP contribution in [0, 0.1) is 0 Å². The Hall–Kier alpha value is -1.62. The Labute approximate surface area is 122 Å². The minimum atomic E-state index is 0.0726.